The van der Waals surface area contributed by atoms with Crippen LogP contribution >= 0.6 is 0 Å². The molecule has 0 saturated heterocycles. The quantitative estimate of drug-likeness (QED) is 0.784. The molecular weight excluding hydrogens is 214 g/mol. The Bertz CT molecular complexity index is 412. The van der Waals surface area contributed by atoms with E-state index in [1.54, 1.807) is 4.90 Å². The number of nitrogens with zero attached hydrogens (tertiary/aromatic N) is 1. The minimum absolute atomic E-state index is 0.0111. The van der Waals surface area contributed by atoms with Crippen molar-refractivity contribution in [1.82, 2.24) is 0 Å². The lowest BCUT2D eigenvalue weighted by Crippen LogP contribution is -2.31. The molecular formula is C14H19NO2. The van der Waals surface area contributed by atoms with E-state index in [-0.39, 0.29) is 18.1 Å². The van der Waals surface area contributed by atoms with Crippen LogP contribution in [0.1, 0.15) is 32.3 Å². The number of aryl methyl sites for hydroxylation is 1. The van der Waals surface area contributed by atoms with Crippen LogP contribution in [0.4, 0.5) is 5.69 Å². The van der Waals surface area contributed by atoms with Gasteiger partial charge in [-0.05, 0) is 32.4 Å². The number of hydrogen-bond acceptors (Lipinski definition) is 2. The predicted molar refractivity (Wildman–Crippen MR) is 69.1 cm³/mol. The summed E-state index contributed by atoms with van der Waals surface area (Å²) < 4.78 is 0. The van der Waals surface area contributed by atoms with Crippen molar-refractivity contribution < 1.29 is 9.59 Å². The Morgan fingerprint density at radius 2 is 1.82 bits per heavy atom. The molecule has 1 amide bonds. The number of rotatable bonds is 5. The van der Waals surface area contributed by atoms with Crippen molar-refractivity contribution in [3.05, 3.63) is 29.8 Å². The molecule has 0 aliphatic rings. The molecule has 0 aliphatic heterocycles. The summed E-state index contributed by atoms with van der Waals surface area (Å²) >= 11 is 0. The second kappa shape index (κ2) is 6.18. The first-order valence-electron chi connectivity index (χ1n) is 5.91. The van der Waals surface area contributed by atoms with Gasteiger partial charge in [0, 0.05) is 25.1 Å². The molecule has 0 unspecified atom stereocenters. The highest BCUT2D eigenvalue weighted by atomic mass is 16.2. The van der Waals surface area contributed by atoms with E-state index in [2.05, 4.69) is 0 Å². The fourth-order valence-corrected chi connectivity index (χ4v) is 1.77. The Kier molecular flexibility index (Phi) is 4.88. The van der Waals surface area contributed by atoms with Gasteiger partial charge in [-0.3, -0.25) is 4.79 Å². The molecule has 1 aromatic carbocycles. The second-order valence-electron chi connectivity index (χ2n) is 4.13. The van der Waals surface area contributed by atoms with Crippen LogP contribution in [0.25, 0.3) is 0 Å². The van der Waals surface area contributed by atoms with Crippen LogP contribution < -0.4 is 4.90 Å². The molecule has 3 heteroatoms. The molecule has 1 rings (SSSR count). The number of benzene rings is 1. The zero-order valence-corrected chi connectivity index (χ0v) is 10.7. The fraction of sp³-hybridized carbons (Fsp3) is 0.429. The highest BCUT2D eigenvalue weighted by Crippen LogP contribution is 2.20. The van der Waals surface area contributed by atoms with Crippen LogP contribution in [-0.2, 0) is 9.59 Å². The van der Waals surface area contributed by atoms with Gasteiger partial charge in [0.2, 0.25) is 5.91 Å². The standard InChI is InChI=1S/C14H19NO2/c1-4-15(14(17)10-9-12(3)16)13-8-6-5-7-11(13)2/h5-8H,4,9-10H2,1-3H3. The third-order valence-corrected chi connectivity index (χ3v) is 2.71. The number of para-hydroxylation sites is 1. The van der Waals surface area contributed by atoms with Crippen molar-refractivity contribution in [2.45, 2.75) is 33.6 Å². The van der Waals surface area contributed by atoms with Crippen LogP contribution in [0.5, 0.6) is 0 Å². The van der Waals surface area contributed by atoms with Crippen molar-refractivity contribution in [1.29, 1.82) is 0 Å². The molecule has 0 heterocycles. The molecule has 92 valence electrons. The van der Waals surface area contributed by atoms with Gasteiger partial charge in [0.05, 0.1) is 0 Å². The summed E-state index contributed by atoms with van der Waals surface area (Å²) in [6.45, 7) is 6.06. The van der Waals surface area contributed by atoms with Gasteiger partial charge in [-0.1, -0.05) is 18.2 Å². The van der Waals surface area contributed by atoms with E-state index in [0.717, 1.165) is 11.3 Å². The maximum absolute atomic E-state index is 12.0. The van der Waals surface area contributed by atoms with Crippen molar-refractivity contribution in [3.8, 4) is 0 Å². The molecule has 0 aromatic heterocycles. The van der Waals surface area contributed by atoms with Crippen molar-refractivity contribution >= 4 is 17.4 Å². The molecule has 0 fully saturated rings. The Morgan fingerprint density at radius 1 is 1.18 bits per heavy atom. The van der Waals surface area contributed by atoms with E-state index in [0.29, 0.717) is 13.0 Å². The van der Waals surface area contributed by atoms with E-state index >= 15 is 0 Å². The van der Waals surface area contributed by atoms with Crippen LogP contribution in [0, 0.1) is 6.92 Å². The largest absolute Gasteiger partial charge is 0.312 e. The first-order chi connectivity index (χ1) is 8.06. The van der Waals surface area contributed by atoms with Gasteiger partial charge in [-0.25, -0.2) is 0 Å². The Hall–Kier alpha value is -1.64. The first kappa shape index (κ1) is 13.4. The van der Waals surface area contributed by atoms with E-state index < -0.39 is 0 Å². The molecule has 0 spiro atoms. The number of amides is 1. The summed E-state index contributed by atoms with van der Waals surface area (Å²) in [6.07, 6.45) is 0.610. The smallest absolute Gasteiger partial charge is 0.227 e. The predicted octanol–water partition coefficient (Wildman–Crippen LogP) is 2.72. The Balaban J connectivity index is 2.81. The van der Waals surface area contributed by atoms with Crippen LogP contribution in [0.3, 0.4) is 0 Å². The molecule has 0 atom stereocenters. The highest BCUT2D eigenvalue weighted by molar-refractivity contribution is 5.95. The number of carbonyl (C=O) groups is 2. The summed E-state index contributed by atoms with van der Waals surface area (Å²) in [5, 5.41) is 0. The summed E-state index contributed by atoms with van der Waals surface area (Å²) in [7, 11) is 0. The highest BCUT2D eigenvalue weighted by Gasteiger charge is 2.15. The van der Waals surface area contributed by atoms with Gasteiger partial charge < -0.3 is 9.69 Å². The lowest BCUT2D eigenvalue weighted by Gasteiger charge is -2.22. The van der Waals surface area contributed by atoms with E-state index in [4.69, 9.17) is 0 Å². The Morgan fingerprint density at radius 3 is 2.35 bits per heavy atom. The first-order valence-corrected chi connectivity index (χ1v) is 5.91. The summed E-state index contributed by atoms with van der Waals surface area (Å²) in [6, 6.07) is 7.79. The SMILES string of the molecule is CCN(C(=O)CCC(C)=O)c1ccccc1C. The zero-order chi connectivity index (χ0) is 12.8. The van der Waals surface area contributed by atoms with Crippen molar-refractivity contribution in [2.24, 2.45) is 0 Å². The van der Waals surface area contributed by atoms with Gasteiger partial charge in [0.1, 0.15) is 5.78 Å². The number of ketones is 1. The zero-order valence-electron chi connectivity index (χ0n) is 10.7. The molecule has 0 bridgehead atoms. The summed E-state index contributed by atoms with van der Waals surface area (Å²) in [5.74, 6) is 0.0659. The fourth-order valence-electron chi connectivity index (χ4n) is 1.77. The number of Topliss-reactive ketones (excluding diaryl/α,β-unsaturated/α-hetero) is 1. The monoisotopic (exact) mass is 233 g/mol. The van der Waals surface area contributed by atoms with Gasteiger partial charge in [-0.15, -0.1) is 0 Å². The summed E-state index contributed by atoms with van der Waals surface area (Å²) in [4.78, 5) is 24.6. The van der Waals surface area contributed by atoms with Gasteiger partial charge >= 0.3 is 0 Å². The van der Waals surface area contributed by atoms with Gasteiger partial charge in [-0.2, -0.15) is 0 Å². The minimum Gasteiger partial charge on any atom is -0.312 e. The number of anilines is 1. The maximum Gasteiger partial charge on any atom is 0.227 e. The van der Waals surface area contributed by atoms with Gasteiger partial charge in [0.15, 0.2) is 0 Å². The molecule has 3 nitrogen and oxygen atoms in total. The Labute approximate surface area is 102 Å². The molecule has 1 aromatic rings. The van der Waals surface area contributed by atoms with Crippen LogP contribution in [0.15, 0.2) is 24.3 Å². The average molecular weight is 233 g/mol. The molecule has 0 aliphatic carbocycles. The lowest BCUT2D eigenvalue weighted by atomic mass is 10.1. The molecule has 0 N–H and O–H groups in total. The lowest BCUT2D eigenvalue weighted by molar-refractivity contribution is -0.123. The molecule has 0 radical (unpaired) electrons. The second-order valence-corrected chi connectivity index (χ2v) is 4.13. The average Bonchev–Trinajstić information content (AvgIpc) is 2.30. The topological polar surface area (TPSA) is 37.4 Å². The van der Waals surface area contributed by atoms with E-state index in [9.17, 15) is 9.59 Å². The number of hydrogen-bond donors (Lipinski definition) is 0. The van der Waals surface area contributed by atoms with Crippen molar-refractivity contribution in [2.75, 3.05) is 11.4 Å². The van der Waals surface area contributed by atoms with E-state index in [1.165, 1.54) is 6.92 Å². The van der Waals surface area contributed by atoms with Gasteiger partial charge in [0.25, 0.3) is 0 Å². The minimum atomic E-state index is 0.0111. The number of carbonyl (C=O) groups excluding carboxylic acids is 2. The van der Waals surface area contributed by atoms with E-state index in [1.807, 2.05) is 38.1 Å². The van der Waals surface area contributed by atoms with Crippen molar-refractivity contribution in [3.63, 3.8) is 0 Å². The maximum atomic E-state index is 12.0. The molecule has 0 saturated carbocycles. The normalized spacial score (nSPS) is 10.1. The molecule has 17 heavy (non-hydrogen) atoms. The third-order valence-electron chi connectivity index (χ3n) is 2.71. The van der Waals surface area contributed by atoms with Crippen LogP contribution in [-0.4, -0.2) is 18.2 Å². The third kappa shape index (κ3) is 3.70. The summed E-state index contributed by atoms with van der Waals surface area (Å²) in [5.41, 5.74) is 2.01. The van der Waals surface area contributed by atoms with Crippen LogP contribution in [0.2, 0.25) is 0 Å².